The lowest BCUT2D eigenvalue weighted by Crippen LogP contribution is -2.30. The summed E-state index contributed by atoms with van der Waals surface area (Å²) in [6.45, 7) is 4.74. The Morgan fingerprint density at radius 1 is 1.05 bits per heavy atom. The van der Waals surface area contributed by atoms with Crippen LogP contribution in [0.3, 0.4) is 0 Å². The Morgan fingerprint density at radius 3 is 2.64 bits per heavy atom. The predicted octanol–water partition coefficient (Wildman–Crippen LogP) is 3.59. The van der Waals surface area contributed by atoms with Gasteiger partial charge in [-0.2, -0.15) is 0 Å². The number of rotatable bonds is 3. The summed E-state index contributed by atoms with van der Waals surface area (Å²) >= 11 is 6.14. The number of anilines is 1. The Bertz CT molecular complexity index is 618. The smallest absolute Gasteiger partial charge is 0.133 e. The highest BCUT2D eigenvalue weighted by molar-refractivity contribution is 6.30. The van der Waals surface area contributed by atoms with Crippen LogP contribution in [0.4, 0.5) is 10.1 Å². The molecule has 0 aliphatic carbocycles. The quantitative estimate of drug-likeness (QED) is 0.806. The molecule has 0 spiro atoms. The van der Waals surface area contributed by atoms with Crippen molar-refractivity contribution in [2.45, 2.75) is 13.0 Å². The topological polar surface area (TPSA) is 19.4 Å². The van der Waals surface area contributed by atoms with Crippen molar-refractivity contribution in [2.24, 2.45) is 0 Å². The highest BCUT2D eigenvalue weighted by Gasteiger charge is 2.16. The third-order valence-corrected chi connectivity index (χ3v) is 4.35. The van der Waals surface area contributed by atoms with E-state index in [1.807, 2.05) is 24.3 Å². The average Bonchev–Trinajstić information content (AvgIpc) is 2.76. The molecule has 0 N–H and O–H groups in total. The normalized spacial score (nSPS) is 16.5. The van der Waals surface area contributed by atoms with Gasteiger partial charge in [-0.15, -0.1) is 0 Å². The second-order valence-corrected chi connectivity index (χ2v) is 5.90. The van der Waals surface area contributed by atoms with Crippen molar-refractivity contribution in [3.05, 3.63) is 59.1 Å². The lowest BCUT2D eigenvalue weighted by atomic mass is 10.2. The summed E-state index contributed by atoms with van der Waals surface area (Å²) in [6.07, 6.45) is 2.79. The van der Waals surface area contributed by atoms with Gasteiger partial charge in [0.1, 0.15) is 11.0 Å². The van der Waals surface area contributed by atoms with Gasteiger partial charge in [0.15, 0.2) is 0 Å². The van der Waals surface area contributed by atoms with Crippen LogP contribution in [-0.4, -0.2) is 36.1 Å². The van der Waals surface area contributed by atoms with Crippen molar-refractivity contribution in [2.75, 3.05) is 31.1 Å². The van der Waals surface area contributed by atoms with Crippen LogP contribution < -0.4 is 4.90 Å². The van der Waals surface area contributed by atoms with Gasteiger partial charge in [-0.25, -0.2) is 9.37 Å². The first-order valence-electron chi connectivity index (χ1n) is 7.54. The second-order valence-electron chi connectivity index (χ2n) is 5.55. The average molecular weight is 320 g/mol. The number of hydrogen-bond acceptors (Lipinski definition) is 3. The van der Waals surface area contributed by atoms with Crippen LogP contribution in [0.2, 0.25) is 5.15 Å². The van der Waals surface area contributed by atoms with Gasteiger partial charge >= 0.3 is 0 Å². The monoisotopic (exact) mass is 319 g/mol. The summed E-state index contributed by atoms with van der Waals surface area (Å²) in [7, 11) is 0. The molecule has 1 aromatic heterocycles. The molecule has 1 aliphatic heterocycles. The zero-order valence-electron chi connectivity index (χ0n) is 12.4. The highest BCUT2D eigenvalue weighted by Crippen LogP contribution is 2.19. The molecular formula is C17H19ClFN3. The molecule has 2 aromatic rings. The van der Waals surface area contributed by atoms with E-state index in [2.05, 4.69) is 14.8 Å². The fourth-order valence-corrected chi connectivity index (χ4v) is 3.00. The van der Waals surface area contributed by atoms with Gasteiger partial charge in [-0.3, -0.25) is 4.90 Å². The van der Waals surface area contributed by atoms with Crippen LogP contribution in [0.5, 0.6) is 0 Å². The minimum Gasteiger partial charge on any atom is -0.370 e. The molecule has 0 saturated carbocycles. The van der Waals surface area contributed by atoms with Crippen molar-refractivity contribution < 1.29 is 4.39 Å². The third kappa shape index (κ3) is 3.76. The Kier molecular flexibility index (Phi) is 4.90. The molecule has 5 heteroatoms. The molecule has 1 fully saturated rings. The van der Waals surface area contributed by atoms with Crippen LogP contribution in [0, 0.1) is 5.82 Å². The Morgan fingerprint density at radius 2 is 1.86 bits per heavy atom. The zero-order valence-corrected chi connectivity index (χ0v) is 13.1. The van der Waals surface area contributed by atoms with Gasteiger partial charge in [0.25, 0.3) is 0 Å². The second kappa shape index (κ2) is 7.07. The first-order chi connectivity index (χ1) is 10.7. The standard InChI is InChI=1S/C17H19ClFN3/c18-17-14(3-1-8-20-17)13-21-9-2-10-22(12-11-21)16-6-4-15(19)5-7-16/h1,3-8H,2,9-13H2. The van der Waals surface area contributed by atoms with Crippen LogP contribution in [0.15, 0.2) is 42.6 Å². The summed E-state index contributed by atoms with van der Waals surface area (Å²) in [5.74, 6) is -0.189. The van der Waals surface area contributed by atoms with E-state index in [1.165, 1.54) is 12.1 Å². The van der Waals surface area contributed by atoms with Crippen LogP contribution in [-0.2, 0) is 6.54 Å². The van der Waals surface area contributed by atoms with Crippen molar-refractivity contribution in [3.8, 4) is 0 Å². The summed E-state index contributed by atoms with van der Waals surface area (Å²) in [5.41, 5.74) is 2.15. The first-order valence-corrected chi connectivity index (χ1v) is 7.92. The molecule has 0 unspecified atom stereocenters. The van der Waals surface area contributed by atoms with Gasteiger partial charge < -0.3 is 4.90 Å². The molecule has 3 rings (SSSR count). The van der Waals surface area contributed by atoms with E-state index in [4.69, 9.17) is 11.6 Å². The van der Waals surface area contributed by atoms with E-state index in [-0.39, 0.29) is 5.82 Å². The summed E-state index contributed by atoms with van der Waals surface area (Å²) in [5, 5.41) is 0.585. The van der Waals surface area contributed by atoms with E-state index in [0.717, 1.165) is 50.4 Å². The van der Waals surface area contributed by atoms with Gasteiger partial charge in [0.2, 0.25) is 0 Å². The van der Waals surface area contributed by atoms with Crippen LogP contribution in [0.25, 0.3) is 0 Å². The fourth-order valence-electron chi connectivity index (χ4n) is 2.82. The zero-order chi connectivity index (χ0) is 15.4. The highest BCUT2D eigenvalue weighted by atomic mass is 35.5. The summed E-state index contributed by atoms with van der Waals surface area (Å²) < 4.78 is 13.0. The molecule has 0 radical (unpaired) electrons. The SMILES string of the molecule is Fc1ccc(N2CCCN(Cc3cccnc3Cl)CC2)cc1. The first kappa shape index (κ1) is 15.3. The number of benzene rings is 1. The molecule has 116 valence electrons. The molecule has 22 heavy (non-hydrogen) atoms. The molecule has 0 amide bonds. The largest absolute Gasteiger partial charge is 0.370 e. The fraction of sp³-hybridized carbons (Fsp3) is 0.353. The van der Waals surface area contributed by atoms with Gasteiger partial charge in [0.05, 0.1) is 0 Å². The van der Waals surface area contributed by atoms with Crippen LogP contribution in [0.1, 0.15) is 12.0 Å². The maximum atomic E-state index is 13.0. The number of aromatic nitrogens is 1. The van der Waals surface area contributed by atoms with Crippen molar-refractivity contribution in [1.29, 1.82) is 0 Å². The Balaban J connectivity index is 1.62. The Hall–Kier alpha value is -1.65. The minimum absolute atomic E-state index is 0.189. The van der Waals surface area contributed by atoms with Gasteiger partial charge in [-0.1, -0.05) is 17.7 Å². The van der Waals surface area contributed by atoms with Crippen LogP contribution >= 0.6 is 11.6 Å². The molecule has 1 aromatic carbocycles. The van der Waals surface area contributed by atoms with Crippen molar-refractivity contribution in [1.82, 2.24) is 9.88 Å². The number of hydrogen-bond donors (Lipinski definition) is 0. The lowest BCUT2D eigenvalue weighted by Gasteiger charge is -2.23. The maximum Gasteiger partial charge on any atom is 0.133 e. The van der Waals surface area contributed by atoms with Gasteiger partial charge in [-0.05, 0) is 36.8 Å². The predicted molar refractivity (Wildman–Crippen MR) is 87.8 cm³/mol. The molecule has 3 nitrogen and oxygen atoms in total. The lowest BCUT2D eigenvalue weighted by molar-refractivity contribution is 0.285. The third-order valence-electron chi connectivity index (χ3n) is 4.01. The molecule has 1 saturated heterocycles. The van der Waals surface area contributed by atoms with E-state index < -0.39 is 0 Å². The van der Waals surface area contributed by atoms with Crippen molar-refractivity contribution >= 4 is 17.3 Å². The molecule has 0 atom stereocenters. The molecule has 0 bridgehead atoms. The van der Waals surface area contributed by atoms with E-state index >= 15 is 0 Å². The van der Waals surface area contributed by atoms with E-state index in [1.54, 1.807) is 6.20 Å². The molecule has 1 aliphatic rings. The Labute approximate surface area is 135 Å². The summed E-state index contributed by atoms with van der Waals surface area (Å²) in [4.78, 5) is 8.84. The van der Waals surface area contributed by atoms with E-state index in [9.17, 15) is 4.39 Å². The molecule has 2 heterocycles. The minimum atomic E-state index is -0.189. The molecular weight excluding hydrogens is 301 g/mol. The van der Waals surface area contributed by atoms with Gasteiger partial charge in [0, 0.05) is 50.2 Å². The summed E-state index contributed by atoms with van der Waals surface area (Å²) in [6, 6.07) is 10.7. The number of halogens is 2. The number of nitrogens with zero attached hydrogens (tertiary/aromatic N) is 3. The van der Waals surface area contributed by atoms with E-state index in [0.29, 0.717) is 5.15 Å². The number of pyridine rings is 1. The maximum absolute atomic E-state index is 13.0. The van der Waals surface area contributed by atoms with Crippen molar-refractivity contribution in [3.63, 3.8) is 0 Å².